The van der Waals surface area contributed by atoms with E-state index in [4.69, 9.17) is 9.73 Å². The molecule has 0 radical (unpaired) electrons. The van der Waals surface area contributed by atoms with Gasteiger partial charge in [-0.3, -0.25) is 9.79 Å². The lowest BCUT2D eigenvalue weighted by molar-refractivity contribution is -0.143. The maximum atomic E-state index is 11.5. The minimum atomic E-state index is -0.0801. The summed E-state index contributed by atoms with van der Waals surface area (Å²) >= 11 is 0. The lowest BCUT2D eigenvalue weighted by Gasteiger charge is -2.41. The first-order chi connectivity index (χ1) is 10.8. The standard InChI is InChI=1S/C19H27NO2/c1-2-22-19(21)13-7-12-18-16-9-4-3-8-14(16)15-10-5-6-11-17(15)20-18/h3,8-9,14-15,17H,2,4-7,10-13H2,1H3. The molecule has 0 aromatic heterocycles. The van der Waals surface area contributed by atoms with E-state index in [0.717, 1.165) is 19.3 Å². The SMILES string of the molecule is CCOC(=O)CCCC1=NC2CCCCC2C2C=CCC=C12. The second-order valence-corrected chi connectivity index (χ2v) is 6.60. The van der Waals surface area contributed by atoms with E-state index < -0.39 is 0 Å². The topological polar surface area (TPSA) is 38.7 Å². The molecule has 0 saturated heterocycles. The van der Waals surface area contributed by atoms with Crippen molar-refractivity contribution in [3.8, 4) is 0 Å². The Morgan fingerprint density at radius 1 is 1.36 bits per heavy atom. The molecule has 1 heterocycles. The van der Waals surface area contributed by atoms with Crippen molar-refractivity contribution in [2.45, 2.75) is 64.3 Å². The molecule has 22 heavy (non-hydrogen) atoms. The third-order valence-electron chi connectivity index (χ3n) is 5.17. The number of aliphatic imine (C=N–C) groups is 1. The van der Waals surface area contributed by atoms with Crippen LogP contribution in [0.4, 0.5) is 0 Å². The second kappa shape index (κ2) is 7.26. The van der Waals surface area contributed by atoms with Gasteiger partial charge in [-0.2, -0.15) is 0 Å². The summed E-state index contributed by atoms with van der Waals surface area (Å²) in [6.45, 7) is 2.33. The van der Waals surface area contributed by atoms with Crippen LogP contribution in [0.2, 0.25) is 0 Å². The van der Waals surface area contributed by atoms with E-state index in [0.29, 0.717) is 30.9 Å². The lowest BCUT2D eigenvalue weighted by atomic mass is 9.68. The molecule has 1 saturated carbocycles. The highest BCUT2D eigenvalue weighted by atomic mass is 16.5. The number of esters is 1. The molecule has 3 rings (SSSR count). The van der Waals surface area contributed by atoms with Crippen LogP contribution >= 0.6 is 0 Å². The highest BCUT2D eigenvalue weighted by molar-refractivity contribution is 6.02. The number of rotatable bonds is 5. The Kier molecular flexibility index (Phi) is 5.12. The summed E-state index contributed by atoms with van der Waals surface area (Å²) in [5.41, 5.74) is 2.72. The van der Waals surface area contributed by atoms with Gasteiger partial charge in [-0.15, -0.1) is 0 Å². The largest absolute Gasteiger partial charge is 0.466 e. The fraction of sp³-hybridized carbons (Fsp3) is 0.684. The molecule has 1 aliphatic heterocycles. The third kappa shape index (κ3) is 3.34. The minimum absolute atomic E-state index is 0.0801. The number of allylic oxidation sites excluding steroid dienone is 4. The Labute approximate surface area is 133 Å². The lowest BCUT2D eigenvalue weighted by Crippen LogP contribution is -2.37. The van der Waals surface area contributed by atoms with Crippen molar-refractivity contribution >= 4 is 11.7 Å². The molecule has 3 unspecified atom stereocenters. The zero-order valence-electron chi connectivity index (χ0n) is 13.6. The van der Waals surface area contributed by atoms with Gasteiger partial charge >= 0.3 is 5.97 Å². The number of ether oxygens (including phenoxy) is 1. The van der Waals surface area contributed by atoms with Crippen molar-refractivity contribution < 1.29 is 9.53 Å². The van der Waals surface area contributed by atoms with Crippen LogP contribution in [0.5, 0.6) is 0 Å². The Morgan fingerprint density at radius 2 is 2.23 bits per heavy atom. The third-order valence-corrected chi connectivity index (χ3v) is 5.17. The van der Waals surface area contributed by atoms with Crippen LogP contribution < -0.4 is 0 Å². The molecule has 0 N–H and O–H groups in total. The molecule has 0 amide bonds. The van der Waals surface area contributed by atoms with Gasteiger partial charge in [0.05, 0.1) is 12.6 Å². The van der Waals surface area contributed by atoms with E-state index in [-0.39, 0.29) is 5.97 Å². The molecule has 0 aromatic rings. The van der Waals surface area contributed by atoms with Gasteiger partial charge in [0.15, 0.2) is 0 Å². The fourth-order valence-electron chi connectivity index (χ4n) is 4.18. The monoisotopic (exact) mass is 301 g/mol. The zero-order chi connectivity index (χ0) is 15.4. The average molecular weight is 301 g/mol. The highest BCUT2D eigenvalue weighted by Gasteiger charge is 2.37. The van der Waals surface area contributed by atoms with Crippen molar-refractivity contribution in [1.82, 2.24) is 0 Å². The van der Waals surface area contributed by atoms with Crippen LogP contribution in [0, 0.1) is 11.8 Å². The molecule has 3 aliphatic rings. The molecule has 0 bridgehead atoms. The number of fused-ring (bicyclic) bond motifs is 3. The highest BCUT2D eigenvalue weighted by Crippen LogP contribution is 2.42. The molecular weight excluding hydrogens is 274 g/mol. The average Bonchev–Trinajstić information content (AvgIpc) is 2.55. The molecule has 3 nitrogen and oxygen atoms in total. The van der Waals surface area contributed by atoms with E-state index in [1.807, 2.05) is 6.92 Å². The van der Waals surface area contributed by atoms with Gasteiger partial charge in [0.1, 0.15) is 0 Å². The van der Waals surface area contributed by atoms with E-state index in [9.17, 15) is 4.79 Å². The molecular formula is C19H27NO2. The molecule has 120 valence electrons. The van der Waals surface area contributed by atoms with Crippen LogP contribution in [0.25, 0.3) is 0 Å². The van der Waals surface area contributed by atoms with Crippen molar-refractivity contribution in [2.24, 2.45) is 16.8 Å². The van der Waals surface area contributed by atoms with Gasteiger partial charge in [-0.25, -0.2) is 0 Å². The van der Waals surface area contributed by atoms with Crippen molar-refractivity contribution in [3.63, 3.8) is 0 Å². The predicted molar refractivity (Wildman–Crippen MR) is 89.0 cm³/mol. The molecule has 0 spiro atoms. The molecule has 0 aromatic carbocycles. The molecule has 3 heteroatoms. The van der Waals surface area contributed by atoms with Crippen LogP contribution in [-0.4, -0.2) is 24.3 Å². The van der Waals surface area contributed by atoms with Gasteiger partial charge in [0.2, 0.25) is 0 Å². The summed E-state index contributed by atoms with van der Waals surface area (Å²) in [5, 5.41) is 0. The van der Waals surface area contributed by atoms with Crippen molar-refractivity contribution in [2.75, 3.05) is 6.61 Å². The van der Waals surface area contributed by atoms with Crippen molar-refractivity contribution in [1.29, 1.82) is 0 Å². The van der Waals surface area contributed by atoms with Gasteiger partial charge in [-0.1, -0.05) is 31.1 Å². The van der Waals surface area contributed by atoms with Gasteiger partial charge in [0.25, 0.3) is 0 Å². The van der Waals surface area contributed by atoms with E-state index >= 15 is 0 Å². The fourth-order valence-corrected chi connectivity index (χ4v) is 4.18. The van der Waals surface area contributed by atoms with Crippen LogP contribution in [0.1, 0.15) is 58.3 Å². The van der Waals surface area contributed by atoms with Crippen LogP contribution in [0.15, 0.2) is 28.8 Å². The smallest absolute Gasteiger partial charge is 0.305 e. The molecule has 1 fully saturated rings. The maximum Gasteiger partial charge on any atom is 0.305 e. The van der Waals surface area contributed by atoms with Gasteiger partial charge in [-0.05, 0) is 50.5 Å². The van der Waals surface area contributed by atoms with Crippen molar-refractivity contribution in [3.05, 3.63) is 23.8 Å². The molecule has 3 atom stereocenters. The summed E-state index contributed by atoms with van der Waals surface area (Å²) in [5.74, 6) is 1.21. The number of carbonyl (C=O) groups is 1. The first-order valence-corrected chi connectivity index (χ1v) is 8.89. The van der Waals surface area contributed by atoms with Crippen LogP contribution in [-0.2, 0) is 9.53 Å². The Hall–Kier alpha value is -1.38. The minimum Gasteiger partial charge on any atom is -0.466 e. The summed E-state index contributed by atoms with van der Waals surface area (Å²) in [7, 11) is 0. The number of carbonyl (C=O) groups excluding carboxylic acids is 1. The van der Waals surface area contributed by atoms with Gasteiger partial charge < -0.3 is 4.74 Å². The van der Waals surface area contributed by atoms with E-state index in [2.05, 4.69) is 18.2 Å². The summed E-state index contributed by atoms with van der Waals surface area (Å²) in [6, 6.07) is 0.510. The van der Waals surface area contributed by atoms with Gasteiger partial charge in [0, 0.05) is 18.1 Å². The Morgan fingerprint density at radius 3 is 3.09 bits per heavy atom. The second-order valence-electron chi connectivity index (χ2n) is 6.60. The quantitative estimate of drug-likeness (QED) is 0.563. The number of hydrogen-bond donors (Lipinski definition) is 0. The Balaban J connectivity index is 1.67. The molecule has 2 aliphatic carbocycles. The van der Waals surface area contributed by atoms with E-state index in [1.165, 1.54) is 37.0 Å². The summed E-state index contributed by atoms with van der Waals surface area (Å²) in [4.78, 5) is 16.6. The number of hydrogen-bond acceptors (Lipinski definition) is 3. The normalized spacial score (nSPS) is 30.0. The van der Waals surface area contributed by atoms with Crippen LogP contribution in [0.3, 0.4) is 0 Å². The Bertz CT molecular complexity index is 504. The summed E-state index contributed by atoms with van der Waals surface area (Å²) in [6.07, 6.45) is 15.6. The first kappa shape index (κ1) is 15.5. The van der Waals surface area contributed by atoms with E-state index in [1.54, 1.807) is 0 Å². The number of nitrogens with zero attached hydrogens (tertiary/aromatic N) is 1. The maximum absolute atomic E-state index is 11.5. The predicted octanol–water partition coefficient (Wildman–Crippen LogP) is 4.24. The first-order valence-electron chi connectivity index (χ1n) is 8.89. The zero-order valence-corrected chi connectivity index (χ0v) is 13.6. The summed E-state index contributed by atoms with van der Waals surface area (Å²) < 4.78 is 5.02.